The molecule has 0 unspecified atom stereocenters. The Balaban J connectivity index is 1.98. The first kappa shape index (κ1) is 20.6. The monoisotopic (exact) mass is 430 g/mol. The minimum absolute atomic E-state index is 0.0995. The third kappa shape index (κ3) is 3.21. The second-order valence-corrected chi connectivity index (χ2v) is 8.92. The zero-order valence-electron chi connectivity index (χ0n) is 18.0. The molecule has 2 aromatic rings. The molecule has 160 valence electrons. The molecule has 0 spiro atoms. The number of benzene rings is 1. The van der Waals surface area contributed by atoms with E-state index >= 15 is 0 Å². The molecule has 1 aliphatic heterocycles. The van der Waals surface area contributed by atoms with Crippen LogP contribution in [0.3, 0.4) is 0 Å². The van der Waals surface area contributed by atoms with Gasteiger partial charge in [0.05, 0.1) is 21.3 Å². The van der Waals surface area contributed by atoms with Gasteiger partial charge in [-0.3, -0.25) is 4.79 Å². The molecule has 0 amide bonds. The molecule has 1 aromatic heterocycles. The molecule has 0 fully saturated rings. The molecule has 1 aliphatic carbocycles. The number of nitrogens with zero attached hydrogens (tertiary/aromatic N) is 3. The van der Waals surface area contributed by atoms with Gasteiger partial charge in [-0.2, -0.15) is 4.98 Å². The summed E-state index contributed by atoms with van der Waals surface area (Å²) in [5, 5.41) is 8.65. The molecular formula is C21H26N4O4S. The van der Waals surface area contributed by atoms with Crippen molar-refractivity contribution in [1.29, 1.82) is 0 Å². The number of nitrogens with one attached hydrogen (secondary N) is 1. The number of allylic oxidation sites excluding steroid dienone is 2. The van der Waals surface area contributed by atoms with Crippen molar-refractivity contribution < 1.29 is 19.0 Å². The van der Waals surface area contributed by atoms with Crippen LogP contribution in [0.4, 0.5) is 5.95 Å². The number of aromatic nitrogens is 3. The molecule has 2 heterocycles. The van der Waals surface area contributed by atoms with Gasteiger partial charge in [-0.25, -0.2) is 4.68 Å². The van der Waals surface area contributed by atoms with Gasteiger partial charge >= 0.3 is 0 Å². The van der Waals surface area contributed by atoms with E-state index in [2.05, 4.69) is 29.2 Å². The lowest BCUT2D eigenvalue weighted by atomic mass is 9.73. The lowest BCUT2D eigenvalue weighted by Gasteiger charge is -2.38. The van der Waals surface area contributed by atoms with Crippen LogP contribution in [-0.4, -0.2) is 48.1 Å². The summed E-state index contributed by atoms with van der Waals surface area (Å²) in [5.41, 5.74) is 2.24. The van der Waals surface area contributed by atoms with E-state index in [0.29, 0.717) is 40.3 Å². The maximum Gasteiger partial charge on any atom is 0.227 e. The van der Waals surface area contributed by atoms with Gasteiger partial charge in [-0.05, 0) is 30.2 Å². The molecule has 1 atom stereocenters. The van der Waals surface area contributed by atoms with E-state index in [1.807, 2.05) is 18.4 Å². The summed E-state index contributed by atoms with van der Waals surface area (Å²) < 4.78 is 18.5. The van der Waals surface area contributed by atoms with E-state index < -0.39 is 6.04 Å². The topological polar surface area (TPSA) is 87.5 Å². The number of hydrogen-bond donors (Lipinski definition) is 1. The van der Waals surface area contributed by atoms with Gasteiger partial charge in [-0.15, -0.1) is 5.10 Å². The van der Waals surface area contributed by atoms with Crippen LogP contribution >= 0.6 is 11.8 Å². The van der Waals surface area contributed by atoms with Crippen molar-refractivity contribution in [2.24, 2.45) is 5.41 Å². The fraction of sp³-hybridized carbons (Fsp3) is 0.476. The van der Waals surface area contributed by atoms with Gasteiger partial charge in [0.15, 0.2) is 17.3 Å². The summed E-state index contributed by atoms with van der Waals surface area (Å²) >= 11 is 1.45. The summed E-state index contributed by atoms with van der Waals surface area (Å²) in [6, 6.07) is 3.25. The maximum absolute atomic E-state index is 13.3. The predicted octanol–water partition coefficient (Wildman–Crippen LogP) is 3.68. The lowest BCUT2D eigenvalue weighted by molar-refractivity contribution is -0.118. The number of ketones is 1. The molecular weight excluding hydrogens is 404 g/mol. The van der Waals surface area contributed by atoms with Crippen LogP contribution in [0.2, 0.25) is 0 Å². The quantitative estimate of drug-likeness (QED) is 0.719. The number of fused-ring (bicyclic) bond motifs is 1. The molecule has 8 nitrogen and oxygen atoms in total. The van der Waals surface area contributed by atoms with Crippen LogP contribution in [0.1, 0.15) is 38.3 Å². The number of methoxy groups -OCH3 is 3. The smallest absolute Gasteiger partial charge is 0.227 e. The van der Waals surface area contributed by atoms with Crippen LogP contribution in [0.5, 0.6) is 17.2 Å². The molecule has 4 rings (SSSR count). The zero-order valence-corrected chi connectivity index (χ0v) is 18.8. The van der Waals surface area contributed by atoms with Crippen LogP contribution < -0.4 is 19.5 Å². The van der Waals surface area contributed by atoms with E-state index in [9.17, 15) is 4.79 Å². The zero-order chi connectivity index (χ0) is 21.6. The normalized spacial score (nSPS) is 19.7. The average molecular weight is 431 g/mol. The van der Waals surface area contributed by atoms with Crippen molar-refractivity contribution in [3.63, 3.8) is 0 Å². The van der Waals surface area contributed by atoms with Crippen LogP contribution in [0.25, 0.3) is 0 Å². The number of hydrogen-bond acceptors (Lipinski definition) is 8. The third-order valence-corrected chi connectivity index (χ3v) is 6.06. The van der Waals surface area contributed by atoms with Gasteiger partial charge in [0.25, 0.3) is 0 Å². The first-order valence-corrected chi connectivity index (χ1v) is 10.9. The van der Waals surface area contributed by atoms with Crippen LogP contribution in [0.15, 0.2) is 28.6 Å². The van der Waals surface area contributed by atoms with Crippen molar-refractivity contribution in [3.05, 3.63) is 29.0 Å². The van der Waals surface area contributed by atoms with Crippen molar-refractivity contribution in [1.82, 2.24) is 14.8 Å². The molecule has 30 heavy (non-hydrogen) atoms. The standard InChI is InChI=1S/C21H26N4O4S/c1-21(2)9-12-15(13(26)10-21)16(25-19(22-12)23-20(24-25)30-6)11-7-8-14(27-3)18(29-5)17(11)28-4/h7-8,16H,9-10H2,1-6H3,(H,22,23,24)/t16-/m0/s1. The van der Waals surface area contributed by atoms with Gasteiger partial charge < -0.3 is 19.5 Å². The Labute approximate surface area is 180 Å². The Hall–Kier alpha value is -2.68. The molecule has 0 bridgehead atoms. The number of Topliss-reactive ketones (excluding diaryl/α,β-unsaturated/α-hetero) is 1. The summed E-state index contributed by atoms with van der Waals surface area (Å²) in [7, 11) is 4.73. The van der Waals surface area contributed by atoms with Gasteiger partial charge in [-0.1, -0.05) is 25.6 Å². The Bertz CT molecular complexity index is 1040. The number of carbonyl (C=O) groups excluding carboxylic acids is 1. The van der Waals surface area contributed by atoms with Crippen molar-refractivity contribution in [2.45, 2.75) is 37.9 Å². The molecule has 2 aliphatic rings. The largest absolute Gasteiger partial charge is 0.493 e. The van der Waals surface area contributed by atoms with Crippen molar-refractivity contribution in [2.75, 3.05) is 32.9 Å². The van der Waals surface area contributed by atoms with E-state index in [0.717, 1.165) is 17.7 Å². The van der Waals surface area contributed by atoms with E-state index in [-0.39, 0.29) is 11.2 Å². The van der Waals surface area contributed by atoms with Crippen LogP contribution in [-0.2, 0) is 4.79 Å². The Morgan fingerprint density at radius 2 is 1.87 bits per heavy atom. The Kier molecular flexibility index (Phi) is 5.17. The van der Waals surface area contributed by atoms with E-state index in [1.165, 1.54) is 11.8 Å². The number of ether oxygens (including phenoxy) is 3. The second kappa shape index (κ2) is 7.54. The molecule has 0 saturated heterocycles. The number of carbonyl (C=O) groups is 1. The molecule has 0 radical (unpaired) electrons. The minimum atomic E-state index is -0.469. The average Bonchev–Trinajstić information content (AvgIpc) is 3.12. The third-order valence-electron chi connectivity index (χ3n) is 5.52. The van der Waals surface area contributed by atoms with Crippen LogP contribution in [0, 0.1) is 5.41 Å². The highest BCUT2D eigenvalue weighted by Crippen LogP contribution is 2.50. The van der Waals surface area contributed by atoms with E-state index in [4.69, 9.17) is 14.2 Å². The molecule has 0 saturated carbocycles. The SMILES string of the molecule is COc1ccc([C@H]2C3=C(CC(C)(C)CC3=O)Nc3nc(SC)nn32)c(OC)c1OC. The number of anilines is 1. The van der Waals surface area contributed by atoms with Gasteiger partial charge in [0, 0.05) is 23.3 Å². The lowest BCUT2D eigenvalue weighted by Crippen LogP contribution is -2.36. The number of rotatable bonds is 5. The first-order valence-electron chi connectivity index (χ1n) is 9.66. The summed E-state index contributed by atoms with van der Waals surface area (Å²) in [4.78, 5) is 17.9. The summed E-state index contributed by atoms with van der Waals surface area (Å²) in [5.74, 6) is 2.27. The van der Waals surface area contributed by atoms with Crippen molar-refractivity contribution >= 4 is 23.5 Å². The predicted molar refractivity (Wildman–Crippen MR) is 115 cm³/mol. The summed E-state index contributed by atoms with van der Waals surface area (Å²) in [6.45, 7) is 4.21. The highest BCUT2D eigenvalue weighted by Gasteiger charge is 2.43. The van der Waals surface area contributed by atoms with E-state index in [1.54, 1.807) is 26.0 Å². The Morgan fingerprint density at radius 1 is 1.13 bits per heavy atom. The molecule has 1 aromatic carbocycles. The molecule has 9 heteroatoms. The highest BCUT2D eigenvalue weighted by molar-refractivity contribution is 7.98. The first-order chi connectivity index (χ1) is 14.3. The molecule has 1 N–H and O–H groups in total. The second-order valence-electron chi connectivity index (χ2n) is 8.15. The maximum atomic E-state index is 13.3. The summed E-state index contributed by atoms with van der Waals surface area (Å²) in [6.07, 6.45) is 3.15. The number of thioether (sulfide) groups is 1. The van der Waals surface area contributed by atoms with Gasteiger partial charge in [0.2, 0.25) is 16.9 Å². The van der Waals surface area contributed by atoms with Gasteiger partial charge in [0.1, 0.15) is 6.04 Å². The fourth-order valence-corrected chi connectivity index (χ4v) is 4.65. The minimum Gasteiger partial charge on any atom is -0.493 e. The van der Waals surface area contributed by atoms with Crippen molar-refractivity contribution in [3.8, 4) is 17.2 Å². The fourth-order valence-electron chi connectivity index (χ4n) is 4.30. The highest BCUT2D eigenvalue weighted by atomic mass is 32.2. The Morgan fingerprint density at radius 3 is 2.50 bits per heavy atom.